The molecule has 1 aliphatic rings. The highest BCUT2D eigenvalue weighted by molar-refractivity contribution is 7.03. The zero-order valence-electron chi connectivity index (χ0n) is 15.6. The lowest BCUT2D eigenvalue weighted by molar-refractivity contribution is 0.227. The van der Waals surface area contributed by atoms with Gasteiger partial charge in [0.2, 0.25) is 0 Å². The average molecular weight is 365 g/mol. The Morgan fingerprint density at radius 1 is 0.962 bits per heavy atom. The predicted molar refractivity (Wildman–Crippen MR) is 111 cm³/mol. The Morgan fingerprint density at radius 3 is 2.15 bits per heavy atom. The molecule has 0 saturated carbocycles. The van der Waals surface area contributed by atoms with E-state index in [2.05, 4.69) is 73.3 Å². The Labute approximate surface area is 158 Å². The number of benzene rings is 2. The molecule has 0 N–H and O–H groups in total. The van der Waals surface area contributed by atoms with Gasteiger partial charge in [-0.25, -0.2) is 0 Å². The lowest BCUT2D eigenvalue weighted by atomic mass is 10.1. The van der Waals surface area contributed by atoms with Crippen LogP contribution in [0, 0.1) is 0 Å². The van der Waals surface area contributed by atoms with E-state index in [0.29, 0.717) is 6.61 Å². The summed E-state index contributed by atoms with van der Waals surface area (Å²) >= 11 is 0. The molecule has 2 aromatic carbocycles. The zero-order valence-corrected chi connectivity index (χ0v) is 16.6. The molecule has 26 heavy (non-hydrogen) atoms. The Hall–Kier alpha value is -1.94. The van der Waals surface area contributed by atoms with Crippen molar-refractivity contribution in [3.8, 4) is 0 Å². The van der Waals surface area contributed by atoms with Gasteiger partial charge in [0.25, 0.3) is 8.32 Å². The lowest BCUT2D eigenvalue weighted by Crippen LogP contribution is -2.63. The van der Waals surface area contributed by atoms with Crippen molar-refractivity contribution in [3.05, 3.63) is 84.1 Å². The van der Waals surface area contributed by atoms with E-state index in [1.165, 1.54) is 28.4 Å². The molecule has 0 atom stereocenters. The Balaban J connectivity index is 2.24. The van der Waals surface area contributed by atoms with Crippen LogP contribution in [0.4, 0.5) is 0 Å². The van der Waals surface area contributed by atoms with E-state index in [9.17, 15) is 0 Å². The molecule has 0 amide bonds. The first-order valence-corrected chi connectivity index (χ1v) is 11.3. The van der Waals surface area contributed by atoms with Gasteiger partial charge in [0.05, 0.1) is 6.61 Å². The van der Waals surface area contributed by atoms with Gasteiger partial charge in [-0.2, -0.15) is 0 Å². The van der Waals surface area contributed by atoms with E-state index < -0.39 is 8.32 Å². The Bertz CT molecular complexity index is 698. The highest BCUT2D eigenvalue weighted by atomic mass is 28.4. The van der Waals surface area contributed by atoms with Gasteiger partial charge in [0.1, 0.15) is 0 Å². The van der Waals surface area contributed by atoms with Gasteiger partial charge in [0.15, 0.2) is 0 Å². The third-order valence-electron chi connectivity index (χ3n) is 4.95. The van der Waals surface area contributed by atoms with E-state index in [0.717, 1.165) is 25.0 Å². The van der Waals surface area contributed by atoms with Crippen molar-refractivity contribution in [2.45, 2.75) is 25.7 Å². The molecule has 0 fully saturated rings. The van der Waals surface area contributed by atoms with Gasteiger partial charge >= 0.3 is 0 Å². The van der Waals surface area contributed by atoms with Crippen LogP contribution in [-0.4, -0.2) is 28.6 Å². The average Bonchev–Trinajstić information content (AvgIpc) is 2.80. The fourth-order valence-electron chi connectivity index (χ4n) is 3.75. The number of hydrogen-bond donors (Lipinski definition) is 0. The molecule has 1 heterocycles. The van der Waals surface area contributed by atoms with Gasteiger partial charge in [-0.1, -0.05) is 79.7 Å². The summed E-state index contributed by atoms with van der Waals surface area (Å²) in [4.78, 5) is 0. The first-order chi connectivity index (χ1) is 12.8. The van der Waals surface area contributed by atoms with Crippen LogP contribution in [0.1, 0.15) is 25.7 Å². The maximum atomic E-state index is 6.86. The molecule has 3 heteroatoms. The van der Waals surface area contributed by atoms with Gasteiger partial charge in [-0.3, -0.25) is 0 Å². The monoisotopic (exact) mass is 364 g/mol. The second kappa shape index (κ2) is 9.13. The van der Waals surface area contributed by atoms with Crippen LogP contribution < -0.4 is 10.4 Å². The summed E-state index contributed by atoms with van der Waals surface area (Å²) in [5, 5.41) is 3.81. The van der Waals surface area contributed by atoms with Crippen LogP contribution in [0.25, 0.3) is 0 Å². The van der Waals surface area contributed by atoms with Crippen molar-refractivity contribution in [2.24, 2.45) is 0 Å². The fraction of sp³-hybridized carbons (Fsp3) is 0.304. The van der Waals surface area contributed by atoms with E-state index in [1.54, 1.807) is 7.11 Å². The van der Waals surface area contributed by atoms with Crippen molar-refractivity contribution < 1.29 is 9.16 Å². The molecule has 0 aliphatic carbocycles. The number of ether oxygens (including phenoxy) is 1. The minimum atomic E-state index is -2.60. The maximum absolute atomic E-state index is 6.86. The summed E-state index contributed by atoms with van der Waals surface area (Å²) in [6, 6.07) is 21.4. The van der Waals surface area contributed by atoms with Crippen molar-refractivity contribution in [2.75, 3.05) is 20.3 Å². The van der Waals surface area contributed by atoms with Gasteiger partial charge in [0, 0.05) is 13.7 Å². The summed E-state index contributed by atoms with van der Waals surface area (Å²) in [5.74, 6) is 0. The predicted octanol–water partition coefficient (Wildman–Crippen LogP) is 4.01. The maximum Gasteiger partial charge on any atom is 0.288 e. The molecular weight excluding hydrogens is 336 g/mol. The summed E-state index contributed by atoms with van der Waals surface area (Å²) < 4.78 is 12.3. The molecule has 2 nitrogen and oxygen atoms in total. The Morgan fingerprint density at radius 2 is 1.58 bits per heavy atom. The van der Waals surface area contributed by atoms with Crippen LogP contribution in [0.3, 0.4) is 0 Å². The number of hydrogen-bond acceptors (Lipinski definition) is 2. The van der Waals surface area contributed by atoms with E-state index in [4.69, 9.17) is 9.16 Å². The van der Waals surface area contributed by atoms with Gasteiger partial charge in [-0.15, -0.1) is 0 Å². The zero-order chi connectivity index (χ0) is 18.2. The third-order valence-corrected chi connectivity index (χ3v) is 9.20. The third kappa shape index (κ3) is 3.90. The van der Waals surface area contributed by atoms with E-state index >= 15 is 0 Å². The molecule has 0 spiro atoms. The minimum absolute atomic E-state index is 0.531. The van der Waals surface area contributed by atoms with Gasteiger partial charge < -0.3 is 9.16 Å². The molecular formula is C23H28O2Si. The van der Waals surface area contributed by atoms with Crippen LogP contribution in [0.2, 0.25) is 0 Å². The Kier molecular flexibility index (Phi) is 6.61. The lowest BCUT2D eigenvalue weighted by Gasteiger charge is -2.35. The quantitative estimate of drug-likeness (QED) is 0.747. The molecule has 0 bridgehead atoms. The highest BCUT2D eigenvalue weighted by Crippen LogP contribution is 2.27. The minimum Gasteiger partial charge on any atom is -0.404 e. The van der Waals surface area contributed by atoms with Crippen LogP contribution in [-0.2, 0) is 9.16 Å². The molecule has 0 aromatic heterocycles. The van der Waals surface area contributed by atoms with E-state index in [1.807, 2.05) is 0 Å². The first kappa shape index (κ1) is 18.8. The second-order valence-corrected chi connectivity index (χ2v) is 10.1. The van der Waals surface area contributed by atoms with Crippen molar-refractivity contribution >= 4 is 18.7 Å². The number of rotatable bonds is 5. The van der Waals surface area contributed by atoms with Crippen LogP contribution >= 0.6 is 0 Å². The fourth-order valence-corrected chi connectivity index (χ4v) is 7.97. The first-order valence-electron chi connectivity index (χ1n) is 9.42. The van der Waals surface area contributed by atoms with Crippen LogP contribution in [0.15, 0.2) is 84.1 Å². The summed E-state index contributed by atoms with van der Waals surface area (Å²) in [7, 11) is -0.866. The number of allylic oxidation sites excluding steroid dienone is 1. The smallest absolute Gasteiger partial charge is 0.288 e. The molecule has 136 valence electrons. The highest BCUT2D eigenvalue weighted by Gasteiger charge is 2.44. The molecule has 1 aliphatic heterocycles. The molecule has 0 unspecified atom stereocenters. The van der Waals surface area contributed by atoms with Crippen molar-refractivity contribution in [3.63, 3.8) is 0 Å². The molecule has 3 rings (SSSR count). The van der Waals surface area contributed by atoms with Crippen molar-refractivity contribution in [1.29, 1.82) is 0 Å². The SMILES string of the molecule is C=C(COC)/C1=C/CCCCCO[Si]1(c1ccccc1)c1ccccc1. The molecule has 0 radical (unpaired) electrons. The normalized spacial score (nSPS) is 19.5. The second-order valence-electron chi connectivity index (χ2n) is 6.77. The van der Waals surface area contributed by atoms with Crippen molar-refractivity contribution in [1.82, 2.24) is 0 Å². The summed E-state index contributed by atoms with van der Waals surface area (Å²) in [6.07, 6.45) is 6.94. The topological polar surface area (TPSA) is 18.5 Å². The summed E-state index contributed by atoms with van der Waals surface area (Å²) in [5.41, 5.74) is 1.04. The largest absolute Gasteiger partial charge is 0.404 e. The summed E-state index contributed by atoms with van der Waals surface area (Å²) in [6.45, 7) is 5.70. The molecule has 0 saturated heterocycles. The van der Waals surface area contributed by atoms with Gasteiger partial charge in [-0.05, 0) is 40.4 Å². The van der Waals surface area contributed by atoms with E-state index in [-0.39, 0.29) is 0 Å². The molecule has 2 aromatic rings. The standard InChI is InChI=1S/C23H28O2Si/c1-20(19-24-2)23-17-11-3-4-12-18-25-26(23,21-13-7-5-8-14-21)22-15-9-6-10-16-22/h5-10,13-17H,1,3-4,11-12,18-19H2,2H3/b23-17-. The number of methoxy groups -OCH3 is 1. The van der Waals surface area contributed by atoms with Crippen LogP contribution in [0.5, 0.6) is 0 Å².